The van der Waals surface area contributed by atoms with E-state index < -0.39 is 12.3 Å². The fraction of sp³-hybridized carbons (Fsp3) is 0.533. The average Bonchev–Trinajstić information content (AvgIpc) is 2.48. The predicted octanol–water partition coefficient (Wildman–Crippen LogP) is 5.12. The predicted molar refractivity (Wildman–Crippen MR) is 88.0 cm³/mol. The summed E-state index contributed by atoms with van der Waals surface area (Å²) in [5.41, 5.74) is 0. The van der Waals surface area contributed by atoms with E-state index in [9.17, 15) is 4.79 Å². The molecule has 0 saturated heterocycles. The number of carbonyl (C=O) groups is 1. The molecule has 0 heterocycles. The zero-order valence-electron chi connectivity index (χ0n) is 12.5. The lowest BCUT2D eigenvalue weighted by Crippen LogP contribution is -2.25. The van der Waals surface area contributed by atoms with Crippen LogP contribution in [0.2, 0.25) is 15.1 Å². The number of ether oxygens (including phenoxy) is 3. The number of hydrogen-bond donors (Lipinski definition) is 0. The van der Waals surface area contributed by atoms with Crippen LogP contribution in [-0.4, -0.2) is 25.5 Å². The van der Waals surface area contributed by atoms with Gasteiger partial charge in [-0.2, -0.15) is 0 Å². The van der Waals surface area contributed by atoms with E-state index in [1.54, 1.807) is 0 Å². The summed E-state index contributed by atoms with van der Waals surface area (Å²) in [6.07, 6.45) is 1.95. The second kappa shape index (κ2) is 10.2. The summed E-state index contributed by atoms with van der Waals surface area (Å²) in [6, 6.07) is 2.91. The molecule has 1 aromatic rings. The molecule has 0 aromatic heterocycles. The van der Waals surface area contributed by atoms with Gasteiger partial charge in [-0.15, -0.1) is 0 Å². The van der Waals surface area contributed by atoms with Crippen molar-refractivity contribution >= 4 is 40.8 Å². The number of benzene rings is 1. The third-order valence-corrected chi connectivity index (χ3v) is 3.74. The van der Waals surface area contributed by atoms with E-state index in [4.69, 9.17) is 49.0 Å². The van der Waals surface area contributed by atoms with Gasteiger partial charge in [0.15, 0.2) is 6.61 Å². The largest absolute Gasteiger partial charge is 0.480 e. The molecular formula is C15H19Cl3O4. The molecule has 1 aromatic carbocycles. The molecule has 4 nitrogen and oxygen atoms in total. The highest BCUT2D eigenvalue weighted by atomic mass is 35.5. The topological polar surface area (TPSA) is 44.8 Å². The maximum atomic E-state index is 11.8. The van der Waals surface area contributed by atoms with Crippen LogP contribution in [0, 0.1) is 0 Å². The molecule has 0 N–H and O–H groups in total. The number of carbonyl (C=O) groups excluding carboxylic acids is 1. The lowest BCUT2D eigenvalue weighted by atomic mass is 10.3. The fourth-order valence-corrected chi connectivity index (χ4v) is 2.12. The molecule has 0 aliphatic heterocycles. The Labute approximate surface area is 145 Å². The van der Waals surface area contributed by atoms with Crippen LogP contribution in [0.3, 0.4) is 0 Å². The maximum absolute atomic E-state index is 11.8. The summed E-state index contributed by atoms with van der Waals surface area (Å²) in [4.78, 5) is 11.8. The summed E-state index contributed by atoms with van der Waals surface area (Å²) >= 11 is 17.6. The molecule has 0 aliphatic rings. The molecule has 0 fully saturated rings. The molecule has 1 rings (SSSR count). The van der Waals surface area contributed by atoms with Crippen molar-refractivity contribution < 1.29 is 19.0 Å². The van der Waals surface area contributed by atoms with Crippen LogP contribution in [0.1, 0.15) is 33.1 Å². The Bertz CT molecular complexity index is 494. The molecular weight excluding hydrogens is 351 g/mol. The Kier molecular flexibility index (Phi) is 8.95. The van der Waals surface area contributed by atoms with Crippen molar-refractivity contribution in [3.05, 3.63) is 27.2 Å². The highest BCUT2D eigenvalue weighted by Gasteiger charge is 2.15. The molecule has 1 atom stereocenters. The highest BCUT2D eigenvalue weighted by Crippen LogP contribution is 2.33. The van der Waals surface area contributed by atoms with Crippen molar-refractivity contribution in [2.45, 2.75) is 39.4 Å². The molecule has 0 amide bonds. The van der Waals surface area contributed by atoms with Crippen molar-refractivity contribution in [1.82, 2.24) is 0 Å². The van der Waals surface area contributed by atoms with Crippen molar-refractivity contribution in [2.24, 2.45) is 0 Å². The van der Waals surface area contributed by atoms with Crippen LogP contribution < -0.4 is 4.74 Å². The van der Waals surface area contributed by atoms with Crippen LogP contribution >= 0.6 is 34.8 Å². The average molecular weight is 370 g/mol. The van der Waals surface area contributed by atoms with Gasteiger partial charge >= 0.3 is 5.97 Å². The van der Waals surface area contributed by atoms with Crippen molar-refractivity contribution in [3.8, 4) is 5.75 Å². The van der Waals surface area contributed by atoms with Gasteiger partial charge in [0.1, 0.15) is 5.75 Å². The fourth-order valence-electron chi connectivity index (χ4n) is 1.53. The zero-order valence-corrected chi connectivity index (χ0v) is 14.8. The third kappa shape index (κ3) is 6.61. The van der Waals surface area contributed by atoms with Crippen LogP contribution in [0.4, 0.5) is 0 Å². The molecule has 0 radical (unpaired) electrons. The molecule has 0 spiro atoms. The van der Waals surface area contributed by atoms with E-state index in [-0.39, 0.29) is 17.4 Å². The summed E-state index contributed by atoms with van der Waals surface area (Å²) < 4.78 is 15.9. The number of halogens is 3. The molecule has 0 bridgehead atoms. The molecule has 0 aliphatic carbocycles. The van der Waals surface area contributed by atoms with Gasteiger partial charge in [-0.3, -0.25) is 0 Å². The summed E-state index contributed by atoms with van der Waals surface area (Å²) in [5.74, 6) is -0.265. The van der Waals surface area contributed by atoms with Crippen LogP contribution in [-0.2, 0) is 14.3 Å². The van der Waals surface area contributed by atoms with E-state index in [1.807, 2.05) is 6.92 Å². The SMILES string of the molecule is CCCCOC(CC)OC(=O)COc1cc(Cl)c(Cl)cc1Cl. The molecule has 0 saturated carbocycles. The Morgan fingerprint density at radius 1 is 1.14 bits per heavy atom. The van der Waals surface area contributed by atoms with Crippen molar-refractivity contribution in [3.63, 3.8) is 0 Å². The molecule has 22 heavy (non-hydrogen) atoms. The van der Waals surface area contributed by atoms with Crippen molar-refractivity contribution in [1.29, 1.82) is 0 Å². The standard InChI is InChI=1S/C15H19Cl3O4/c1-3-5-6-20-15(4-2)22-14(19)9-21-13-8-11(17)10(16)7-12(13)18/h7-8,15H,3-6,9H2,1-2H3. The van der Waals surface area contributed by atoms with E-state index >= 15 is 0 Å². The zero-order chi connectivity index (χ0) is 16.5. The van der Waals surface area contributed by atoms with E-state index in [0.29, 0.717) is 23.1 Å². The minimum Gasteiger partial charge on any atom is -0.480 e. The third-order valence-electron chi connectivity index (χ3n) is 2.72. The number of hydrogen-bond acceptors (Lipinski definition) is 4. The van der Waals surface area contributed by atoms with Crippen LogP contribution in [0.5, 0.6) is 5.75 Å². The Morgan fingerprint density at radius 3 is 2.45 bits per heavy atom. The quantitative estimate of drug-likeness (QED) is 0.262. The van der Waals surface area contributed by atoms with Gasteiger partial charge < -0.3 is 14.2 Å². The van der Waals surface area contributed by atoms with Gasteiger partial charge in [-0.05, 0) is 12.5 Å². The minimum absolute atomic E-state index is 0.271. The van der Waals surface area contributed by atoms with E-state index in [1.165, 1.54) is 12.1 Å². The lowest BCUT2D eigenvalue weighted by Gasteiger charge is -2.17. The summed E-state index contributed by atoms with van der Waals surface area (Å²) in [7, 11) is 0. The number of rotatable bonds is 9. The summed E-state index contributed by atoms with van der Waals surface area (Å²) in [5, 5.41) is 0.883. The van der Waals surface area contributed by atoms with Gasteiger partial charge in [0, 0.05) is 12.5 Å². The number of unbranched alkanes of at least 4 members (excludes halogenated alkanes) is 1. The second-order valence-corrected chi connectivity index (χ2v) is 5.76. The Balaban J connectivity index is 2.46. The first-order valence-corrected chi connectivity index (χ1v) is 8.19. The van der Waals surface area contributed by atoms with Crippen LogP contribution in [0.25, 0.3) is 0 Å². The number of esters is 1. The van der Waals surface area contributed by atoms with E-state index in [2.05, 4.69) is 6.92 Å². The monoisotopic (exact) mass is 368 g/mol. The maximum Gasteiger partial charge on any atom is 0.346 e. The molecule has 124 valence electrons. The smallest absolute Gasteiger partial charge is 0.346 e. The lowest BCUT2D eigenvalue weighted by molar-refractivity contribution is -0.181. The normalized spacial score (nSPS) is 12.0. The molecule has 1 unspecified atom stereocenters. The second-order valence-electron chi connectivity index (χ2n) is 4.54. The van der Waals surface area contributed by atoms with E-state index in [0.717, 1.165) is 12.8 Å². The highest BCUT2D eigenvalue weighted by molar-refractivity contribution is 6.43. The minimum atomic E-state index is -0.563. The van der Waals surface area contributed by atoms with Crippen LogP contribution in [0.15, 0.2) is 12.1 Å². The Hall–Kier alpha value is -0.680. The van der Waals surface area contributed by atoms with Crippen molar-refractivity contribution in [2.75, 3.05) is 13.2 Å². The summed E-state index contributed by atoms with van der Waals surface area (Å²) in [6.45, 7) is 4.21. The van der Waals surface area contributed by atoms with Gasteiger partial charge in [-0.25, -0.2) is 4.79 Å². The van der Waals surface area contributed by atoms with Gasteiger partial charge in [-0.1, -0.05) is 55.1 Å². The van der Waals surface area contributed by atoms with Gasteiger partial charge in [0.2, 0.25) is 6.29 Å². The molecule has 7 heteroatoms. The van der Waals surface area contributed by atoms with Gasteiger partial charge in [0.05, 0.1) is 21.7 Å². The first kappa shape index (κ1) is 19.4. The first-order valence-electron chi connectivity index (χ1n) is 7.06. The Morgan fingerprint density at radius 2 is 1.82 bits per heavy atom. The van der Waals surface area contributed by atoms with Gasteiger partial charge in [0.25, 0.3) is 0 Å². The first-order chi connectivity index (χ1) is 10.5.